The molecule has 0 radical (unpaired) electrons. The Morgan fingerprint density at radius 1 is 0.968 bits per heavy atom. The summed E-state index contributed by atoms with van der Waals surface area (Å²) in [6.45, 7) is 1.54. The second-order valence-corrected chi connectivity index (χ2v) is 7.85. The van der Waals surface area contributed by atoms with Crippen LogP contribution in [0, 0.1) is 0 Å². The first-order valence-electron chi connectivity index (χ1n) is 8.47. The van der Waals surface area contributed by atoms with Gasteiger partial charge in [-0.3, -0.25) is 9.52 Å². The van der Waals surface area contributed by atoms with E-state index in [1.165, 1.54) is 20.1 Å². The Labute approximate surface area is 173 Å². The third-order valence-corrected chi connectivity index (χ3v) is 5.30. The topological polar surface area (TPSA) is 84.5 Å². The number of anilines is 2. The standard InChI is InChI=1S/C18H16F6N2O4S/c1-3-16(27)25-14-9-13(4-5-15(14)30-2)31(28,29)26-12-7-10(17(19,20)21)6-11(8-12)18(22,23)24/h4-9,26H,3H2,1-2H3,(H,25,27). The first-order valence-corrected chi connectivity index (χ1v) is 9.96. The first kappa shape index (κ1) is 24.3. The van der Waals surface area contributed by atoms with Crippen LogP contribution in [0.25, 0.3) is 0 Å². The van der Waals surface area contributed by atoms with Gasteiger partial charge in [-0.05, 0) is 36.4 Å². The fourth-order valence-corrected chi connectivity index (χ4v) is 3.48. The molecule has 2 rings (SSSR count). The van der Waals surface area contributed by atoms with Crippen molar-refractivity contribution in [2.45, 2.75) is 30.6 Å². The molecular weight excluding hydrogens is 454 g/mol. The first-order chi connectivity index (χ1) is 14.2. The fourth-order valence-electron chi connectivity index (χ4n) is 2.42. The molecule has 0 bridgehead atoms. The van der Waals surface area contributed by atoms with E-state index in [-0.39, 0.29) is 36.1 Å². The minimum atomic E-state index is -5.14. The van der Waals surface area contributed by atoms with Gasteiger partial charge in [-0.15, -0.1) is 0 Å². The van der Waals surface area contributed by atoms with E-state index in [4.69, 9.17) is 4.74 Å². The highest BCUT2D eigenvalue weighted by Gasteiger charge is 2.37. The van der Waals surface area contributed by atoms with E-state index in [2.05, 4.69) is 5.32 Å². The molecule has 170 valence electrons. The Hall–Kier alpha value is -2.96. The number of alkyl halides is 6. The summed E-state index contributed by atoms with van der Waals surface area (Å²) >= 11 is 0. The lowest BCUT2D eigenvalue weighted by Gasteiger charge is -2.16. The lowest BCUT2D eigenvalue weighted by Crippen LogP contribution is -2.17. The minimum absolute atomic E-state index is 0.0442. The molecule has 2 aromatic rings. The van der Waals surface area contributed by atoms with Crippen molar-refractivity contribution in [1.82, 2.24) is 0 Å². The summed E-state index contributed by atoms with van der Waals surface area (Å²) in [5, 5.41) is 2.39. The molecule has 0 aliphatic rings. The molecule has 0 aliphatic heterocycles. The molecule has 0 aliphatic carbocycles. The van der Waals surface area contributed by atoms with Crippen molar-refractivity contribution < 1.29 is 44.3 Å². The Morgan fingerprint density at radius 3 is 1.97 bits per heavy atom. The molecule has 2 N–H and O–H groups in total. The number of carbonyl (C=O) groups excluding carboxylic acids is 1. The van der Waals surface area contributed by atoms with E-state index in [0.717, 1.165) is 12.1 Å². The molecule has 0 spiro atoms. The van der Waals surface area contributed by atoms with Crippen molar-refractivity contribution in [2.24, 2.45) is 0 Å². The van der Waals surface area contributed by atoms with E-state index in [9.17, 15) is 39.6 Å². The zero-order valence-corrected chi connectivity index (χ0v) is 16.8. The monoisotopic (exact) mass is 470 g/mol. The van der Waals surface area contributed by atoms with Crippen LogP contribution in [-0.2, 0) is 27.2 Å². The average molecular weight is 470 g/mol. The van der Waals surface area contributed by atoms with Gasteiger partial charge in [0.1, 0.15) is 5.75 Å². The molecule has 31 heavy (non-hydrogen) atoms. The van der Waals surface area contributed by atoms with E-state index >= 15 is 0 Å². The Bertz CT molecular complexity index is 1050. The molecular formula is C18H16F6N2O4S. The maximum Gasteiger partial charge on any atom is 0.416 e. The summed E-state index contributed by atoms with van der Waals surface area (Å²) in [7, 11) is -3.36. The van der Waals surface area contributed by atoms with E-state index in [1.807, 2.05) is 0 Å². The fraction of sp³-hybridized carbons (Fsp3) is 0.278. The molecule has 0 aromatic heterocycles. The third-order valence-electron chi connectivity index (χ3n) is 3.92. The number of methoxy groups -OCH3 is 1. The third kappa shape index (κ3) is 6.03. The predicted octanol–water partition coefficient (Wildman–Crippen LogP) is 4.88. The normalized spacial score (nSPS) is 12.4. The molecule has 0 heterocycles. The maximum atomic E-state index is 13.0. The van der Waals surface area contributed by atoms with Gasteiger partial charge in [0.15, 0.2) is 0 Å². The number of ether oxygens (including phenoxy) is 1. The van der Waals surface area contributed by atoms with Crippen LogP contribution >= 0.6 is 0 Å². The van der Waals surface area contributed by atoms with E-state index < -0.39 is 50.0 Å². The Balaban J connectivity index is 2.51. The maximum absolute atomic E-state index is 13.0. The van der Waals surface area contributed by atoms with Crippen LogP contribution in [0.2, 0.25) is 0 Å². The quantitative estimate of drug-likeness (QED) is 0.590. The average Bonchev–Trinajstić information content (AvgIpc) is 2.65. The summed E-state index contributed by atoms with van der Waals surface area (Å²) < 4.78 is 110. The molecule has 13 heteroatoms. The van der Waals surface area contributed by atoms with Crippen molar-refractivity contribution in [1.29, 1.82) is 0 Å². The lowest BCUT2D eigenvalue weighted by molar-refractivity contribution is -0.143. The van der Waals surface area contributed by atoms with E-state index in [0.29, 0.717) is 0 Å². The molecule has 1 amide bonds. The Morgan fingerprint density at radius 2 is 1.52 bits per heavy atom. The van der Waals surface area contributed by atoms with Gasteiger partial charge in [-0.1, -0.05) is 6.92 Å². The van der Waals surface area contributed by atoms with Crippen LogP contribution in [0.1, 0.15) is 24.5 Å². The van der Waals surface area contributed by atoms with Gasteiger partial charge in [0.25, 0.3) is 10.0 Å². The molecule has 0 atom stereocenters. The summed E-state index contributed by atoms with van der Waals surface area (Å²) in [6, 6.07) is 3.52. The minimum Gasteiger partial charge on any atom is -0.495 e. The van der Waals surface area contributed by atoms with Crippen LogP contribution in [0.5, 0.6) is 5.75 Å². The number of hydrogen-bond acceptors (Lipinski definition) is 4. The number of benzene rings is 2. The second-order valence-electron chi connectivity index (χ2n) is 6.16. The van der Waals surface area contributed by atoms with E-state index in [1.54, 1.807) is 4.72 Å². The zero-order chi connectivity index (χ0) is 23.6. The number of sulfonamides is 1. The molecule has 0 fully saturated rings. The summed E-state index contributed by atoms with van der Waals surface area (Å²) in [5.41, 5.74) is -4.33. The summed E-state index contributed by atoms with van der Waals surface area (Å²) in [6.07, 6.45) is -10.2. The predicted molar refractivity (Wildman–Crippen MR) is 99.2 cm³/mol. The smallest absolute Gasteiger partial charge is 0.416 e. The van der Waals surface area contributed by atoms with Crippen LogP contribution in [0.3, 0.4) is 0 Å². The number of halogens is 6. The van der Waals surface area contributed by atoms with Gasteiger partial charge in [0.2, 0.25) is 5.91 Å². The van der Waals surface area contributed by atoms with Crippen LogP contribution in [-0.4, -0.2) is 21.4 Å². The van der Waals surface area contributed by atoms with Crippen LogP contribution in [0.15, 0.2) is 41.3 Å². The zero-order valence-electron chi connectivity index (χ0n) is 16.0. The summed E-state index contributed by atoms with van der Waals surface area (Å²) in [4.78, 5) is 11.1. The SMILES string of the molecule is CCC(=O)Nc1cc(S(=O)(=O)Nc2cc(C(F)(F)F)cc(C(F)(F)F)c2)ccc1OC. The molecule has 2 aromatic carbocycles. The molecule has 0 saturated carbocycles. The van der Waals surface area contributed by atoms with Gasteiger partial charge in [0, 0.05) is 6.42 Å². The van der Waals surface area contributed by atoms with Crippen molar-refractivity contribution in [3.63, 3.8) is 0 Å². The Kier molecular flexibility index (Phi) is 6.78. The second kappa shape index (κ2) is 8.65. The van der Waals surface area contributed by atoms with Crippen LogP contribution in [0.4, 0.5) is 37.7 Å². The molecule has 0 saturated heterocycles. The highest BCUT2D eigenvalue weighted by Crippen LogP contribution is 2.38. The highest BCUT2D eigenvalue weighted by molar-refractivity contribution is 7.92. The molecule has 0 unspecified atom stereocenters. The number of carbonyl (C=O) groups is 1. The number of amides is 1. The van der Waals surface area contributed by atoms with Crippen molar-refractivity contribution in [3.8, 4) is 5.75 Å². The number of rotatable bonds is 6. The largest absolute Gasteiger partial charge is 0.495 e. The van der Waals surface area contributed by atoms with Crippen molar-refractivity contribution in [2.75, 3.05) is 17.1 Å². The van der Waals surface area contributed by atoms with Gasteiger partial charge in [-0.25, -0.2) is 8.42 Å². The highest BCUT2D eigenvalue weighted by atomic mass is 32.2. The van der Waals surface area contributed by atoms with Crippen molar-refractivity contribution >= 4 is 27.3 Å². The van der Waals surface area contributed by atoms with Gasteiger partial charge < -0.3 is 10.1 Å². The molecule has 6 nitrogen and oxygen atoms in total. The van der Waals surface area contributed by atoms with Gasteiger partial charge >= 0.3 is 12.4 Å². The van der Waals surface area contributed by atoms with Gasteiger partial charge in [0.05, 0.1) is 34.5 Å². The van der Waals surface area contributed by atoms with Crippen molar-refractivity contribution in [3.05, 3.63) is 47.5 Å². The summed E-state index contributed by atoms with van der Waals surface area (Å²) in [5.74, 6) is -0.382. The van der Waals surface area contributed by atoms with Crippen LogP contribution < -0.4 is 14.8 Å². The number of nitrogens with one attached hydrogen (secondary N) is 2. The van der Waals surface area contributed by atoms with Gasteiger partial charge in [-0.2, -0.15) is 26.3 Å². The lowest BCUT2D eigenvalue weighted by atomic mass is 10.1. The number of hydrogen-bond donors (Lipinski definition) is 2.